The van der Waals surface area contributed by atoms with Crippen molar-refractivity contribution in [1.82, 2.24) is 14.5 Å². The molecule has 0 spiro atoms. The third-order valence-corrected chi connectivity index (χ3v) is 6.51. The fourth-order valence-electron chi connectivity index (χ4n) is 4.76. The summed E-state index contributed by atoms with van der Waals surface area (Å²) in [6, 6.07) is 8.74. The van der Waals surface area contributed by atoms with Crippen molar-refractivity contribution in [2.75, 3.05) is 42.5 Å². The van der Waals surface area contributed by atoms with E-state index >= 15 is 0 Å². The number of aromatic nitrogens is 2. The Bertz CT molecular complexity index is 1210. The molecule has 0 aliphatic carbocycles. The Balaban J connectivity index is 1.51. The van der Waals surface area contributed by atoms with Crippen LogP contribution in [0.1, 0.15) is 34.1 Å². The smallest absolute Gasteiger partial charge is 0.410 e. The number of rotatable bonds is 3. The molecule has 34 heavy (non-hydrogen) atoms. The lowest BCUT2D eigenvalue weighted by Gasteiger charge is -2.41. The van der Waals surface area contributed by atoms with Gasteiger partial charge in [0.1, 0.15) is 17.2 Å². The predicted octanol–water partition coefficient (Wildman–Crippen LogP) is 4.82. The first-order valence-corrected chi connectivity index (χ1v) is 12.0. The number of carbonyl (C=O) groups excluding carboxylic acids is 1. The molecule has 1 atom stereocenters. The highest BCUT2D eigenvalue weighted by atomic mass is 19.1. The molecule has 2 fully saturated rings. The van der Waals surface area contributed by atoms with Crippen LogP contribution in [0, 0.1) is 5.82 Å². The van der Waals surface area contributed by atoms with Crippen LogP contribution in [-0.4, -0.2) is 64.9 Å². The molecule has 3 aromatic rings. The minimum Gasteiger partial charge on any atom is -0.444 e. The summed E-state index contributed by atoms with van der Waals surface area (Å²) >= 11 is 0. The molecule has 1 amide bonds. The topological polar surface area (TPSA) is 53.8 Å². The highest BCUT2D eigenvalue weighted by molar-refractivity contribution is 6.03. The summed E-state index contributed by atoms with van der Waals surface area (Å²) in [4.78, 5) is 23.8. The molecule has 1 aromatic carbocycles. The molecule has 180 valence electrons. The number of amides is 1. The number of carbonyl (C=O) groups is 1. The van der Waals surface area contributed by atoms with Crippen molar-refractivity contribution in [1.29, 1.82) is 0 Å². The van der Waals surface area contributed by atoms with E-state index in [1.54, 1.807) is 17.0 Å². The molecule has 8 heteroatoms. The van der Waals surface area contributed by atoms with Gasteiger partial charge in [-0.2, -0.15) is 0 Å². The van der Waals surface area contributed by atoms with Gasteiger partial charge in [-0.15, -0.1) is 0 Å². The van der Waals surface area contributed by atoms with Crippen molar-refractivity contribution in [3.05, 3.63) is 48.5 Å². The number of nitrogens with zero attached hydrogens (tertiary/aromatic N) is 5. The summed E-state index contributed by atoms with van der Waals surface area (Å²) in [5.74, 6) is 0.650. The van der Waals surface area contributed by atoms with E-state index in [0.29, 0.717) is 19.6 Å². The highest BCUT2D eigenvalue weighted by Crippen LogP contribution is 2.39. The molecule has 5 rings (SSSR count). The first kappa shape index (κ1) is 22.5. The Hall–Kier alpha value is -3.29. The van der Waals surface area contributed by atoms with Crippen molar-refractivity contribution in [3.63, 3.8) is 0 Å². The molecule has 0 bridgehead atoms. The Kier molecular flexibility index (Phi) is 5.62. The van der Waals surface area contributed by atoms with Gasteiger partial charge in [-0.1, -0.05) is 6.07 Å². The maximum atomic E-state index is 14.0. The molecule has 2 aliphatic heterocycles. The van der Waals surface area contributed by atoms with Crippen molar-refractivity contribution >= 4 is 28.5 Å². The largest absolute Gasteiger partial charge is 0.444 e. The quantitative estimate of drug-likeness (QED) is 0.555. The van der Waals surface area contributed by atoms with Gasteiger partial charge in [-0.05, 0) is 58.4 Å². The van der Waals surface area contributed by atoms with Gasteiger partial charge in [0.25, 0.3) is 0 Å². The van der Waals surface area contributed by atoms with E-state index in [0.717, 1.165) is 47.6 Å². The molecule has 2 aliphatic rings. The van der Waals surface area contributed by atoms with Gasteiger partial charge in [0.2, 0.25) is 0 Å². The molecule has 0 saturated carbocycles. The molecule has 7 nitrogen and oxygen atoms in total. The molecular weight excluding hydrogens is 433 g/mol. The fourth-order valence-corrected chi connectivity index (χ4v) is 4.76. The lowest BCUT2D eigenvalue weighted by atomic mass is 10.1. The number of benzene rings is 1. The lowest BCUT2D eigenvalue weighted by Crippen LogP contribution is -2.54. The Morgan fingerprint density at radius 3 is 2.59 bits per heavy atom. The highest BCUT2D eigenvalue weighted by Gasteiger charge is 2.33. The number of piperazine rings is 1. The van der Waals surface area contributed by atoms with E-state index in [1.807, 2.05) is 39.1 Å². The van der Waals surface area contributed by atoms with Gasteiger partial charge in [0.15, 0.2) is 0 Å². The van der Waals surface area contributed by atoms with E-state index in [-0.39, 0.29) is 18.0 Å². The summed E-state index contributed by atoms with van der Waals surface area (Å²) in [6.07, 6.45) is 4.81. The number of anilines is 2. The third-order valence-electron chi connectivity index (χ3n) is 6.51. The normalized spacial score (nSPS) is 18.9. The van der Waals surface area contributed by atoms with E-state index in [9.17, 15) is 9.18 Å². The molecule has 2 saturated heterocycles. The predicted molar refractivity (Wildman–Crippen MR) is 132 cm³/mol. The first-order chi connectivity index (χ1) is 16.2. The number of hydrogen-bond donors (Lipinski definition) is 0. The summed E-state index contributed by atoms with van der Waals surface area (Å²) in [5, 5.41) is 1.07. The number of ether oxygens (including phenoxy) is 1. The summed E-state index contributed by atoms with van der Waals surface area (Å²) in [7, 11) is 0. The first-order valence-electron chi connectivity index (χ1n) is 12.0. The fraction of sp³-hybridized carbons (Fsp3) is 0.462. The number of fused-ring (bicyclic) bond motifs is 1. The van der Waals surface area contributed by atoms with E-state index in [4.69, 9.17) is 9.72 Å². The summed E-state index contributed by atoms with van der Waals surface area (Å²) in [6.45, 7) is 11.6. The zero-order valence-electron chi connectivity index (χ0n) is 20.3. The van der Waals surface area contributed by atoms with Crippen LogP contribution in [-0.2, 0) is 4.74 Å². The minimum atomic E-state index is -0.517. The van der Waals surface area contributed by atoms with E-state index < -0.39 is 5.60 Å². The molecule has 0 unspecified atom stereocenters. The number of hydrogen-bond acceptors (Lipinski definition) is 5. The second-order valence-corrected chi connectivity index (χ2v) is 10.2. The lowest BCUT2D eigenvalue weighted by molar-refractivity contribution is 0.0218. The zero-order valence-corrected chi connectivity index (χ0v) is 20.3. The van der Waals surface area contributed by atoms with Gasteiger partial charge in [-0.25, -0.2) is 14.2 Å². The number of pyridine rings is 1. The Morgan fingerprint density at radius 1 is 1.15 bits per heavy atom. The third kappa shape index (κ3) is 4.17. The van der Waals surface area contributed by atoms with Crippen molar-refractivity contribution in [2.24, 2.45) is 0 Å². The second kappa shape index (κ2) is 8.49. The minimum absolute atomic E-state index is 0.0705. The summed E-state index contributed by atoms with van der Waals surface area (Å²) < 4.78 is 21.7. The van der Waals surface area contributed by atoms with Gasteiger partial charge >= 0.3 is 6.09 Å². The SMILES string of the molecule is C[C@H]1CN(C(=O)OC(C)(C)C)CCN1c1nccc2c1c(N1CCC1)cn2-c1cccc(F)c1. The van der Waals surface area contributed by atoms with Crippen LogP contribution in [0.2, 0.25) is 0 Å². The van der Waals surface area contributed by atoms with Gasteiger partial charge in [0.05, 0.1) is 16.6 Å². The van der Waals surface area contributed by atoms with Crippen LogP contribution in [0.3, 0.4) is 0 Å². The molecule has 2 aromatic heterocycles. The zero-order chi connectivity index (χ0) is 24.0. The van der Waals surface area contributed by atoms with Crippen molar-refractivity contribution in [2.45, 2.75) is 45.8 Å². The second-order valence-electron chi connectivity index (χ2n) is 10.2. The standard InChI is InChI=1S/C26H32FN5O2/c1-18-16-30(25(33)34-26(2,3)4)13-14-31(18)24-23-21(9-10-28-24)32(17-22(23)29-11-6-12-29)20-8-5-7-19(27)15-20/h5,7-10,15,17-18H,6,11-14,16H2,1-4H3/t18-/m0/s1. The molecule has 0 radical (unpaired) electrons. The Labute approximate surface area is 199 Å². The van der Waals surface area contributed by atoms with Crippen molar-refractivity contribution in [3.8, 4) is 5.69 Å². The average Bonchev–Trinajstić information content (AvgIpc) is 3.11. The van der Waals surface area contributed by atoms with Crippen LogP contribution in [0.5, 0.6) is 0 Å². The van der Waals surface area contributed by atoms with E-state index in [1.165, 1.54) is 6.07 Å². The van der Waals surface area contributed by atoms with Crippen LogP contribution >= 0.6 is 0 Å². The van der Waals surface area contributed by atoms with Crippen LogP contribution in [0.25, 0.3) is 16.6 Å². The maximum absolute atomic E-state index is 14.0. The number of halogens is 1. The van der Waals surface area contributed by atoms with E-state index in [2.05, 4.69) is 27.5 Å². The van der Waals surface area contributed by atoms with Gasteiger partial charge < -0.3 is 24.0 Å². The van der Waals surface area contributed by atoms with Gasteiger partial charge in [-0.3, -0.25) is 0 Å². The van der Waals surface area contributed by atoms with Gasteiger partial charge in [0, 0.05) is 56.8 Å². The average molecular weight is 466 g/mol. The van der Waals surface area contributed by atoms with Crippen molar-refractivity contribution < 1.29 is 13.9 Å². The molecule has 0 N–H and O–H groups in total. The maximum Gasteiger partial charge on any atom is 0.410 e. The summed E-state index contributed by atoms with van der Waals surface area (Å²) in [5.41, 5.74) is 2.39. The van der Waals surface area contributed by atoms with Crippen LogP contribution < -0.4 is 9.80 Å². The molecule has 4 heterocycles. The molecular formula is C26H32FN5O2. The van der Waals surface area contributed by atoms with Crippen LogP contribution in [0.15, 0.2) is 42.7 Å². The monoisotopic (exact) mass is 465 g/mol. The Morgan fingerprint density at radius 2 is 1.94 bits per heavy atom. The van der Waals surface area contributed by atoms with Crippen LogP contribution in [0.4, 0.5) is 20.7 Å².